The molecule has 1 heterocycles. The number of benzene rings is 1. The second kappa shape index (κ2) is 7.14. The molecule has 22 heavy (non-hydrogen) atoms. The molecule has 1 atom stereocenters. The number of carbonyl (C=O) groups excluding carboxylic acids is 1. The van der Waals surface area contributed by atoms with Crippen LogP contribution in [0.25, 0.3) is 0 Å². The van der Waals surface area contributed by atoms with E-state index in [1.54, 1.807) is 0 Å². The van der Waals surface area contributed by atoms with Crippen LogP contribution in [-0.2, 0) is 0 Å². The van der Waals surface area contributed by atoms with Crippen molar-refractivity contribution in [3.63, 3.8) is 0 Å². The van der Waals surface area contributed by atoms with Gasteiger partial charge in [-0.15, -0.1) is 0 Å². The van der Waals surface area contributed by atoms with Crippen molar-refractivity contribution in [2.45, 2.75) is 38.2 Å². The second-order valence-electron chi connectivity index (χ2n) is 6.52. The summed E-state index contributed by atoms with van der Waals surface area (Å²) in [4.78, 5) is 14.6. The summed E-state index contributed by atoms with van der Waals surface area (Å²) in [5.74, 6) is 1.55. The van der Waals surface area contributed by atoms with E-state index in [0.717, 1.165) is 50.2 Å². The van der Waals surface area contributed by atoms with E-state index in [0.29, 0.717) is 12.0 Å². The number of hydrogen-bond acceptors (Lipinski definition) is 3. The van der Waals surface area contributed by atoms with Gasteiger partial charge in [-0.2, -0.15) is 0 Å². The third kappa shape index (κ3) is 3.61. The van der Waals surface area contributed by atoms with Crippen LogP contribution in [0.15, 0.2) is 24.3 Å². The Morgan fingerprint density at radius 1 is 1.32 bits per heavy atom. The van der Waals surface area contributed by atoms with E-state index < -0.39 is 0 Å². The van der Waals surface area contributed by atoms with Crippen molar-refractivity contribution in [2.75, 3.05) is 26.7 Å². The Morgan fingerprint density at radius 2 is 2.14 bits per heavy atom. The molecule has 1 aliphatic heterocycles. The molecule has 120 valence electrons. The molecule has 2 aliphatic rings. The van der Waals surface area contributed by atoms with Crippen LogP contribution in [0.3, 0.4) is 0 Å². The topological polar surface area (TPSA) is 41.6 Å². The largest absolute Gasteiger partial charge is 0.490 e. The van der Waals surface area contributed by atoms with Gasteiger partial charge >= 0.3 is 0 Å². The standard InChI is InChI=1S/C18H26N2O2/c1-19-12-14-9-10-20(13-14)18(21)15-5-4-8-17(11-15)22-16-6-2-3-7-16/h4-5,8,11,14,16,19H,2-3,6-7,9-10,12-13H2,1H3. The highest BCUT2D eigenvalue weighted by Crippen LogP contribution is 2.25. The number of nitrogens with one attached hydrogen (secondary N) is 1. The number of rotatable bonds is 5. The third-order valence-corrected chi connectivity index (χ3v) is 4.75. The highest BCUT2D eigenvalue weighted by atomic mass is 16.5. The van der Waals surface area contributed by atoms with Crippen molar-refractivity contribution in [1.29, 1.82) is 0 Å². The fourth-order valence-corrected chi connectivity index (χ4v) is 3.56. The summed E-state index contributed by atoms with van der Waals surface area (Å²) in [6.07, 6.45) is 6.20. The molecule has 1 aromatic carbocycles. The predicted molar refractivity (Wildman–Crippen MR) is 87.3 cm³/mol. The maximum Gasteiger partial charge on any atom is 0.253 e. The third-order valence-electron chi connectivity index (χ3n) is 4.75. The molecular formula is C18H26N2O2. The maximum absolute atomic E-state index is 12.6. The van der Waals surface area contributed by atoms with Crippen molar-refractivity contribution in [1.82, 2.24) is 10.2 Å². The second-order valence-corrected chi connectivity index (χ2v) is 6.52. The number of amides is 1. The SMILES string of the molecule is CNCC1CCN(C(=O)c2cccc(OC3CCCC3)c2)C1. The van der Waals surface area contributed by atoms with E-state index in [1.165, 1.54) is 12.8 Å². The summed E-state index contributed by atoms with van der Waals surface area (Å²) in [7, 11) is 1.97. The summed E-state index contributed by atoms with van der Waals surface area (Å²) in [6, 6.07) is 7.70. The summed E-state index contributed by atoms with van der Waals surface area (Å²) < 4.78 is 6.01. The Balaban J connectivity index is 1.62. The summed E-state index contributed by atoms with van der Waals surface area (Å²) in [5.41, 5.74) is 0.751. The lowest BCUT2D eigenvalue weighted by Gasteiger charge is -2.18. The molecule has 0 bridgehead atoms. The van der Waals surface area contributed by atoms with Gasteiger partial charge < -0.3 is 15.0 Å². The average molecular weight is 302 g/mol. The fourth-order valence-electron chi connectivity index (χ4n) is 3.56. The Labute approximate surface area is 132 Å². The highest BCUT2D eigenvalue weighted by Gasteiger charge is 2.26. The molecule has 1 saturated heterocycles. The van der Waals surface area contributed by atoms with Gasteiger partial charge in [0.15, 0.2) is 0 Å². The van der Waals surface area contributed by atoms with Crippen LogP contribution in [0.1, 0.15) is 42.5 Å². The number of nitrogens with zero attached hydrogens (tertiary/aromatic N) is 1. The first-order chi connectivity index (χ1) is 10.8. The van der Waals surface area contributed by atoms with Crippen LogP contribution in [-0.4, -0.2) is 43.6 Å². The lowest BCUT2D eigenvalue weighted by molar-refractivity contribution is 0.0786. The van der Waals surface area contributed by atoms with Gasteiger partial charge in [0.05, 0.1) is 6.10 Å². The van der Waals surface area contributed by atoms with Gasteiger partial charge in [0.1, 0.15) is 5.75 Å². The first-order valence-corrected chi connectivity index (χ1v) is 8.47. The van der Waals surface area contributed by atoms with Crippen LogP contribution >= 0.6 is 0 Å². The van der Waals surface area contributed by atoms with Gasteiger partial charge in [-0.3, -0.25) is 4.79 Å². The smallest absolute Gasteiger partial charge is 0.253 e. The first-order valence-electron chi connectivity index (χ1n) is 8.47. The summed E-state index contributed by atoms with van der Waals surface area (Å²) >= 11 is 0. The van der Waals surface area contributed by atoms with E-state index in [2.05, 4.69) is 5.32 Å². The molecule has 0 aromatic heterocycles. The minimum Gasteiger partial charge on any atom is -0.490 e. The molecule has 1 N–H and O–H groups in total. The van der Waals surface area contributed by atoms with Gasteiger partial charge in [0.25, 0.3) is 5.91 Å². The van der Waals surface area contributed by atoms with Crippen molar-refractivity contribution in [2.24, 2.45) is 5.92 Å². The van der Waals surface area contributed by atoms with E-state index in [9.17, 15) is 4.79 Å². The van der Waals surface area contributed by atoms with Crippen LogP contribution in [0.2, 0.25) is 0 Å². The average Bonchev–Trinajstić information content (AvgIpc) is 3.19. The summed E-state index contributed by atoms with van der Waals surface area (Å²) in [6.45, 7) is 2.70. The Kier molecular flexibility index (Phi) is 4.98. The normalized spacial score (nSPS) is 22.2. The number of likely N-dealkylation sites (tertiary alicyclic amines) is 1. The molecule has 0 radical (unpaired) electrons. The molecule has 4 heteroatoms. The van der Waals surface area contributed by atoms with Crippen molar-refractivity contribution in [3.05, 3.63) is 29.8 Å². The molecule has 1 saturated carbocycles. The van der Waals surface area contributed by atoms with E-state index >= 15 is 0 Å². The monoisotopic (exact) mass is 302 g/mol. The van der Waals surface area contributed by atoms with E-state index in [-0.39, 0.29) is 5.91 Å². The lowest BCUT2D eigenvalue weighted by Crippen LogP contribution is -2.30. The minimum atomic E-state index is 0.135. The fraction of sp³-hybridized carbons (Fsp3) is 0.611. The molecule has 1 unspecified atom stereocenters. The molecule has 1 aliphatic carbocycles. The number of ether oxygens (including phenoxy) is 1. The lowest BCUT2D eigenvalue weighted by atomic mass is 10.1. The van der Waals surface area contributed by atoms with Crippen molar-refractivity contribution >= 4 is 5.91 Å². The Hall–Kier alpha value is -1.55. The quantitative estimate of drug-likeness (QED) is 0.909. The molecule has 3 rings (SSSR count). The van der Waals surface area contributed by atoms with Crippen LogP contribution in [0.4, 0.5) is 0 Å². The Morgan fingerprint density at radius 3 is 2.91 bits per heavy atom. The molecule has 0 spiro atoms. The zero-order valence-corrected chi connectivity index (χ0v) is 13.4. The first kappa shape index (κ1) is 15.3. The van der Waals surface area contributed by atoms with Crippen LogP contribution in [0, 0.1) is 5.92 Å². The number of hydrogen-bond donors (Lipinski definition) is 1. The molecule has 2 fully saturated rings. The maximum atomic E-state index is 12.6. The van der Waals surface area contributed by atoms with Gasteiger partial charge in [0.2, 0.25) is 0 Å². The highest BCUT2D eigenvalue weighted by molar-refractivity contribution is 5.94. The molecular weight excluding hydrogens is 276 g/mol. The van der Waals surface area contributed by atoms with E-state index in [1.807, 2.05) is 36.2 Å². The molecule has 4 nitrogen and oxygen atoms in total. The summed E-state index contributed by atoms with van der Waals surface area (Å²) in [5, 5.41) is 3.20. The van der Waals surface area contributed by atoms with Gasteiger partial charge in [0, 0.05) is 18.7 Å². The zero-order valence-electron chi connectivity index (χ0n) is 13.4. The van der Waals surface area contributed by atoms with Crippen LogP contribution in [0.5, 0.6) is 5.75 Å². The Bertz CT molecular complexity index is 512. The minimum absolute atomic E-state index is 0.135. The molecule has 1 aromatic rings. The van der Waals surface area contributed by atoms with Crippen LogP contribution < -0.4 is 10.1 Å². The molecule has 1 amide bonds. The van der Waals surface area contributed by atoms with E-state index in [4.69, 9.17) is 4.74 Å². The van der Waals surface area contributed by atoms with Gasteiger partial charge in [-0.05, 0) is 69.8 Å². The van der Waals surface area contributed by atoms with Crippen molar-refractivity contribution < 1.29 is 9.53 Å². The number of carbonyl (C=O) groups is 1. The van der Waals surface area contributed by atoms with Gasteiger partial charge in [-0.1, -0.05) is 6.07 Å². The van der Waals surface area contributed by atoms with Crippen molar-refractivity contribution in [3.8, 4) is 5.75 Å². The van der Waals surface area contributed by atoms with Gasteiger partial charge in [-0.25, -0.2) is 0 Å². The predicted octanol–water partition coefficient (Wildman–Crippen LogP) is 2.69. The zero-order chi connectivity index (χ0) is 15.4.